The van der Waals surface area contributed by atoms with Gasteiger partial charge in [0.15, 0.2) is 0 Å². The largest absolute Gasteiger partial charge is 0.416 e. The van der Waals surface area contributed by atoms with Gasteiger partial charge in [0, 0.05) is 29.0 Å². The van der Waals surface area contributed by atoms with Crippen LogP contribution in [0.15, 0.2) is 79.1 Å². The molecule has 0 bridgehead atoms. The maximum absolute atomic E-state index is 13.2. The van der Waals surface area contributed by atoms with Crippen LogP contribution < -0.4 is 11.1 Å². The molecule has 3 heterocycles. The third-order valence-corrected chi connectivity index (χ3v) is 6.95. The SMILES string of the molecule is Nc1c(C(=O)Nc2ccc(-c3cc(C(F)(F)F)cc(C(F)(F)F)c3)cc2)sc2nc(-c3ccncc3)ccc12. The number of nitrogens with two attached hydrogens (primary N) is 1. The lowest BCUT2D eigenvalue weighted by molar-refractivity contribution is -0.143. The van der Waals surface area contributed by atoms with Gasteiger partial charge in [-0.15, -0.1) is 11.3 Å². The van der Waals surface area contributed by atoms with E-state index in [4.69, 9.17) is 5.73 Å². The van der Waals surface area contributed by atoms with E-state index in [-0.39, 0.29) is 33.4 Å². The van der Waals surface area contributed by atoms with Gasteiger partial charge in [-0.05, 0) is 65.7 Å². The molecular formula is C27H16F6N4OS. The number of carbonyl (C=O) groups is 1. The van der Waals surface area contributed by atoms with Crippen LogP contribution in [0.1, 0.15) is 20.8 Å². The fraction of sp³-hybridized carbons (Fsp3) is 0.0741. The van der Waals surface area contributed by atoms with Crippen molar-refractivity contribution in [2.75, 3.05) is 11.1 Å². The second-order valence-electron chi connectivity index (χ2n) is 8.46. The molecule has 0 radical (unpaired) electrons. The minimum atomic E-state index is -4.96. The number of rotatable bonds is 4. The molecule has 5 aromatic rings. The number of aromatic nitrogens is 2. The molecule has 2 aromatic carbocycles. The monoisotopic (exact) mass is 558 g/mol. The van der Waals surface area contributed by atoms with Gasteiger partial charge < -0.3 is 11.1 Å². The van der Waals surface area contributed by atoms with Crippen LogP contribution in [-0.4, -0.2) is 15.9 Å². The van der Waals surface area contributed by atoms with Crippen molar-refractivity contribution >= 4 is 38.8 Å². The number of nitrogens with zero attached hydrogens (tertiary/aromatic N) is 2. The Bertz CT molecular complexity index is 1650. The summed E-state index contributed by atoms with van der Waals surface area (Å²) in [4.78, 5) is 22.3. The van der Waals surface area contributed by atoms with Crippen molar-refractivity contribution in [3.05, 3.63) is 95.1 Å². The van der Waals surface area contributed by atoms with E-state index in [1.54, 1.807) is 36.7 Å². The molecule has 0 spiro atoms. The van der Waals surface area contributed by atoms with Gasteiger partial charge in [0.25, 0.3) is 5.91 Å². The lowest BCUT2D eigenvalue weighted by Gasteiger charge is -2.14. The van der Waals surface area contributed by atoms with Crippen LogP contribution in [-0.2, 0) is 12.4 Å². The molecule has 0 saturated carbocycles. The summed E-state index contributed by atoms with van der Waals surface area (Å²) in [6.45, 7) is 0. The summed E-state index contributed by atoms with van der Waals surface area (Å²) in [7, 11) is 0. The number of nitrogen functional groups attached to an aromatic ring is 1. The zero-order chi connectivity index (χ0) is 27.9. The Kier molecular flexibility index (Phi) is 6.51. The average molecular weight is 559 g/mol. The topological polar surface area (TPSA) is 80.9 Å². The van der Waals surface area contributed by atoms with E-state index in [1.807, 2.05) is 0 Å². The van der Waals surface area contributed by atoms with Gasteiger partial charge in [0.2, 0.25) is 0 Å². The Morgan fingerprint density at radius 3 is 1.97 bits per heavy atom. The van der Waals surface area contributed by atoms with Gasteiger partial charge in [-0.25, -0.2) is 4.98 Å². The molecule has 0 aliphatic rings. The average Bonchev–Trinajstić information content (AvgIpc) is 3.24. The number of anilines is 2. The number of halogens is 6. The number of hydrogen-bond acceptors (Lipinski definition) is 5. The molecule has 0 atom stereocenters. The van der Waals surface area contributed by atoms with Crippen LogP contribution >= 0.6 is 11.3 Å². The summed E-state index contributed by atoms with van der Waals surface area (Å²) in [5, 5.41) is 3.25. The molecule has 198 valence electrons. The standard InChI is InChI=1S/C27H16F6N4OS/c28-26(29,30)17-11-16(12-18(13-17)27(31,32)33)14-1-3-19(4-2-14)36-24(38)23-22(34)20-5-6-21(37-25(20)39-23)15-7-9-35-10-8-15/h1-13H,34H2,(H,36,38). The molecule has 0 unspecified atom stereocenters. The van der Waals surface area contributed by atoms with Crippen LogP contribution in [0.5, 0.6) is 0 Å². The first-order valence-electron chi connectivity index (χ1n) is 11.2. The van der Waals surface area contributed by atoms with E-state index in [0.29, 0.717) is 28.0 Å². The third-order valence-electron chi connectivity index (χ3n) is 5.84. The first-order valence-corrected chi connectivity index (χ1v) is 12.0. The molecule has 3 N–H and O–H groups in total. The number of hydrogen-bond donors (Lipinski definition) is 2. The summed E-state index contributed by atoms with van der Waals surface area (Å²) >= 11 is 1.09. The van der Waals surface area contributed by atoms with Crippen LogP contribution in [0.4, 0.5) is 37.7 Å². The van der Waals surface area contributed by atoms with Gasteiger partial charge in [0.1, 0.15) is 9.71 Å². The molecule has 0 aliphatic carbocycles. The highest BCUT2D eigenvalue weighted by Gasteiger charge is 2.37. The zero-order valence-corrected chi connectivity index (χ0v) is 20.4. The van der Waals surface area contributed by atoms with Crippen LogP contribution in [0, 0.1) is 0 Å². The van der Waals surface area contributed by atoms with Crippen molar-refractivity contribution in [1.29, 1.82) is 0 Å². The number of fused-ring (bicyclic) bond motifs is 1. The van der Waals surface area contributed by atoms with Crippen molar-refractivity contribution in [2.24, 2.45) is 0 Å². The Hall–Kier alpha value is -4.45. The summed E-state index contributed by atoms with van der Waals surface area (Å²) in [5.74, 6) is -0.535. The molecule has 0 aliphatic heterocycles. The van der Waals surface area contributed by atoms with Gasteiger partial charge in [-0.1, -0.05) is 12.1 Å². The van der Waals surface area contributed by atoms with E-state index < -0.39 is 29.4 Å². The molecular weight excluding hydrogens is 542 g/mol. The van der Waals surface area contributed by atoms with E-state index in [0.717, 1.165) is 16.9 Å². The second-order valence-corrected chi connectivity index (χ2v) is 9.46. The quantitative estimate of drug-likeness (QED) is 0.220. The van der Waals surface area contributed by atoms with E-state index in [9.17, 15) is 31.1 Å². The van der Waals surface area contributed by atoms with Crippen molar-refractivity contribution in [3.8, 4) is 22.4 Å². The van der Waals surface area contributed by atoms with Crippen LogP contribution in [0.2, 0.25) is 0 Å². The van der Waals surface area contributed by atoms with Crippen molar-refractivity contribution in [1.82, 2.24) is 9.97 Å². The van der Waals surface area contributed by atoms with Gasteiger partial charge in [-0.2, -0.15) is 26.3 Å². The second kappa shape index (κ2) is 9.70. The third kappa shape index (κ3) is 5.41. The number of nitrogens with one attached hydrogen (secondary N) is 1. The minimum absolute atomic E-state index is 0.0718. The van der Waals surface area contributed by atoms with Crippen molar-refractivity contribution < 1.29 is 31.1 Å². The maximum atomic E-state index is 13.2. The zero-order valence-electron chi connectivity index (χ0n) is 19.6. The molecule has 5 nitrogen and oxygen atoms in total. The van der Waals surface area contributed by atoms with E-state index in [1.165, 1.54) is 24.3 Å². The van der Waals surface area contributed by atoms with Crippen LogP contribution in [0.25, 0.3) is 32.6 Å². The van der Waals surface area contributed by atoms with Gasteiger partial charge in [-0.3, -0.25) is 9.78 Å². The van der Waals surface area contributed by atoms with Crippen molar-refractivity contribution in [3.63, 3.8) is 0 Å². The Labute approximate surface area is 221 Å². The fourth-order valence-corrected chi connectivity index (χ4v) is 4.89. The van der Waals surface area contributed by atoms with Crippen molar-refractivity contribution in [2.45, 2.75) is 12.4 Å². The normalized spacial score (nSPS) is 12.1. The number of amides is 1. The predicted molar refractivity (Wildman–Crippen MR) is 137 cm³/mol. The number of thiophene rings is 1. The number of pyridine rings is 2. The van der Waals surface area contributed by atoms with E-state index in [2.05, 4.69) is 15.3 Å². The van der Waals surface area contributed by atoms with Gasteiger partial charge >= 0.3 is 12.4 Å². The van der Waals surface area contributed by atoms with Gasteiger partial charge in [0.05, 0.1) is 22.5 Å². The molecule has 39 heavy (non-hydrogen) atoms. The summed E-state index contributed by atoms with van der Waals surface area (Å²) in [5.41, 5.74) is 5.25. The summed E-state index contributed by atoms with van der Waals surface area (Å²) in [6.07, 6.45) is -6.64. The minimum Gasteiger partial charge on any atom is -0.397 e. The number of carbonyl (C=O) groups excluding carboxylic acids is 1. The predicted octanol–water partition coefficient (Wildman–Crippen LogP) is 7.90. The highest BCUT2D eigenvalue weighted by Crippen LogP contribution is 2.39. The first kappa shape index (κ1) is 26.2. The lowest BCUT2D eigenvalue weighted by Crippen LogP contribution is -2.12. The molecule has 0 saturated heterocycles. The molecule has 1 amide bonds. The number of alkyl halides is 6. The highest BCUT2D eigenvalue weighted by molar-refractivity contribution is 7.21. The fourth-order valence-electron chi connectivity index (χ4n) is 3.90. The molecule has 5 rings (SSSR count). The Balaban J connectivity index is 1.40. The summed E-state index contributed by atoms with van der Waals surface area (Å²) in [6, 6.07) is 13.9. The number of benzene rings is 2. The molecule has 3 aromatic heterocycles. The smallest absolute Gasteiger partial charge is 0.397 e. The van der Waals surface area contributed by atoms with Crippen LogP contribution in [0.3, 0.4) is 0 Å². The summed E-state index contributed by atoms with van der Waals surface area (Å²) < 4.78 is 79.2. The van der Waals surface area contributed by atoms with E-state index >= 15 is 0 Å². The Morgan fingerprint density at radius 1 is 0.769 bits per heavy atom. The maximum Gasteiger partial charge on any atom is 0.416 e. The Morgan fingerprint density at radius 2 is 1.38 bits per heavy atom. The lowest BCUT2D eigenvalue weighted by atomic mass is 9.99. The first-order chi connectivity index (χ1) is 18.4. The highest BCUT2D eigenvalue weighted by atomic mass is 32.1. The molecule has 12 heteroatoms. The molecule has 0 fully saturated rings.